The maximum absolute atomic E-state index is 11.5. The number of ketones is 1. The van der Waals surface area contributed by atoms with Crippen molar-refractivity contribution in [3.8, 4) is 0 Å². The van der Waals surface area contributed by atoms with Crippen molar-refractivity contribution in [2.45, 2.75) is 0 Å². The van der Waals surface area contributed by atoms with Gasteiger partial charge in [0.1, 0.15) is 5.70 Å². The van der Waals surface area contributed by atoms with Gasteiger partial charge in [0.25, 0.3) is 0 Å². The number of carboxylic acids is 1. The molecule has 0 fully saturated rings. The van der Waals surface area contributed by atoms with Crippen molar-refractivity contribution in [2.24, 2.45) is 5.73 Å². The van der Waals surface area contributed by atoms with Crippen LogP contribution < -0.4 is 5.73 Å². The van der Waals surface area contributed by atoms with Crippen LogP contribution in [0, 0.1) is 0 Å². The summed E-state index contributed by atoms with van der Waals surface area (Å²) in [4.78, 5) is 21.8. The van der Waals surface area contributed by atoms with Crippen molar-refractivity contribution < 1.29 is 14.7 Å². The molecule has 0 saturated carbocycles. The van der Waals surface area contributed by atoms with Gasteiger partial charge in [0.15, 0.2) is 5.78 Å². The van der Waals surface area contributed by atoms with Gasteiger partial charge < -0.3 is 10.8 Å². The third kappa shape index (κ3) is 2.82. The predicted octanol–water partition coefficient (Wildman–Crippen LogP) is 1.45. The first-order valence-corrected chi connectivity index (χ1v) is 4.39. The molecule has 3 N–H and O–H groups in total. The van der Waals surface area contributed by atoms with Gasteiger partial charge in [-0.3, -0.25) is 4.79 Å². The number of carbonyl (C=O) groups is 2. The highest BCUT2D eigenvalue weighted by Gasteiger charge is 2.10. The SMILES string of the molecule is NC(=CC(=O)c1ccccc1Cl)C(=O)O. The van der Waals surface area contributed by atoms with Crippen LogP contribution in [0.15, 0.2) is 36.0 Å². The van der Waals surface area contributed by atoms with E-state index in [1.54, 1.807) is 18.2 Å². The minimum atomic E-state index is -1.34. The van der Waals surface area contributed by atoms with E-state index in [1.807, 2.05) is 0 Å². The zero-order valence-electron chi connectivity index (χ0n) is 7.61. The lowest BCUT2D eigenvalue weighted by molar-refractivity contribution is -0.132. The molecule has 0 atom stereocenters. The number of halogens is 1. The van der Waals surface area contributed by atoms with E-state index in [2.05, 4.69) is 0 Å². The largest absolute Gasteiger partial charge is 0.477 e. The zero-order valence-corrected chi connectivity index (χ0v) is 8.36. The molecule has 1 aromatic carbocycles. The number of carboxylic acid groups (broad SMARTS) is 1. The predicted molar refractivity (Wildman–Crippen MR) is 55.7 cm³/mol. The highest BCUT2D eigenvalue weighted by molar-refractivity contribution is 6.34. The Labute approximate surface area is 91.0 Å². The maximum Gasteiger partial charge on any atom is 0.351 e. The van der Waals surface area contributed by atoms with Gasteiger partial charge >= 0.3 is 5.97 Å². The van der Waals surface area contributed by atoms with Crippen LogP contribution >= 0.6 is 11.6 Å². The monoisotopic (exact) mass is 225 g/mol. The van der Waals surface area contributed by atoms with E-state index in [1.165, 1.54) is 6.07 Å². The van der Waals surface area contributed by atoms with Crippen molar-refractivity contribution in [1.29, 1.82) is 0 Å². The molecule has 0 aliphatic carbocycles. The Morgan fingerprint density at radius 3 is 2.47 bits per heavy atom. The van der Waals surface area contributed by atoms with E-state index in [4.69, 9.17) is 22.4 Å². The molecule has 1 rings (SSSR count). The van der Waals surface area contributed by atoms with Gasteiger partial charge in [-0.15, -0.1) is 0 Å². The van der Waals surface area contributed by atoms with Crippen molar-refractivity contribution in [3.63, 3.8) is 0 Å². The molecule has 0 aliphatic rings. The smallest absolute Gasteiger partial charge is 0.351 e. The highest BCUT2D eigenvalue weighted by Crippen LogP contribution is 2.15. The number of hydrogen-bond acceptors (Lipinski definition) is 3. The van der Waals surface area contributed by atoms with E-state index in [9.17, 15) is 9.59 Å². The van der Waals surface area contributed by atoms with Crippen LogP contribution in [0.1, 0.15) is 10.4 Å². The molecule has 5 heteroatoms. The summed E-state index contributed by atoms with van der Waals surface area (Å²) in [6, 6.07) is 6.34. The number of rotatable bonds is 3. The van der Waals surface area contributed by atoms with Crippen molar-refractivity contribution in [3.05, 3.63) is 46.6 Å². The van der Waals surface area contributed by atoms with Gasteiger partial charge in [-0.25, -0.2) is 4.79 Å². The fourth-order valence-electron chi connectivity index (χ4n) is 0.942. The third-order valence-electron chi connectivity index (χ3n) is 1.67. The average molecular weight is 226 g/mol. The summed E-state index contributed by atoms with van der Waals surface area (Å²) in [5.74, 6) is -1.86. The summed E-state index contributed by atoms with van der Waals surface area (Å²) in [6.07, 6.45) is 0.837. The van der Waals surface area contributed by atoms with E-state index in [0.717, 1.165) is 6.08 Å². The van der Waals surface area contributed by atoms with Crippen LogP contribution in [0.5, 0.6) is 0 Å². The molecule has 0 saturated heterocycles. The lowest BCUT2D eigenvalue weighted by atomic mass is 10.1. The van der Waals surface area contributed by atoms with Gasteiger partial charge in [0.05, 0.1) is 5.02 Å². The molecular weight excluding hydrogens is 218 g/mol. The quantitative estimate of drug-likeness (QED) is 0.603. The first-order chi connectivity index (χ1) is 7.02. The molecule has 4 nitrogen and oxygen atoms in total. The number of nitrogens with two attached hydrogens (primary N) is 1. The summed E-state index contributed by atoms with van der Waals surface area (Å²) < 4.78 is 0. The van der Waals surface area contributed by atoms with E-state index >= 15 is 0 Å². The lowest BCUT2D eigenvalue weighted by Gasteiger charge is -1.99. The molecule has 0 aliphatic heterocycles. The van der Waals surface area contributed by atoms with Gasteiger partial charge in [-0.05, 0) is 12.1 Å². The van der Waals surface area contributed by atoms with Gasteiger partial charge in [-0.2, -0.15) is 0 Å². The fraction of sp³-hybridized carbons (Fsp3) is 0. The van der Waals surface area contributed by atoms with Crippen LogP contribution in [0.2, 0.25) is 5.02 Å². The number of allylic oxidation sites excluding steroid dienone is 1. The number of benzene rings is 1. The van der Waals surface area contributed by atoms with Crippen LogP contribution in [0.3, 0.4) is 0 Å². The van der Waals surface area contributed by atoms with Crippen LogP contribution in [-0.4, -0.2) is 16.9 Å². The second kappa shape index (κ2) is 4.61. The van der Waals surface area contributed by atoms with E-state index in [-0.39, 0.29) is 10.6 Å². The summed E-state index contributed by atoms with van der Waals surface area (Å²) in [5, 5.41) is 8.73. The molecule has 0 bridgehead atoms. The normalized spacial score (nSPS) is 11.1. The molecule has 0 aromatic heterocycles. The third-order valence-corrected chi connectivity index (χ3v) is 2.00. The van der Waals surface area contributed by atoms with Crippen molar-refractivity contribution in [1.82, 2.24) is 0 Å². The van der Waals surface area contributed by atoms with Crippen molar-refractivity contribution >= 4 is 23.4 Å². The molecule has 1 aromatic rings. The zero-order chi connectivity index (χ0) is 11.4. The number of hydrogen-bond donors (Lipinski definition) is 2. The summed E-state index contributed by atoms with van der Waals surface area (Å²) >= 11 is 5.74. The van der Waals surface area contributed by atoms with Crippen LogP contribution in [-0.2, 0) is 4.79 Å². The minimum absolute atomic E-state index is 0.225. The molecular formula is C10H8ClNO3. The average Bonchev–Trinajstić information content (AvgIpc) is 2.18. The Morgan fingerprint density at radius 1 is 1.33 bits per heavy atom. The Kier molecular flexibility index (Phi) is 3.46. The second-order valence-electron chi connectivity index (χ2n) is 2.75. The first kappa shape index (κ1) is 11.3. The molecule has 0 amide bonds. The lowest BCUT2D eigenvalue weighted by Crippen LogP contribution is -2.12. The number of aliphatic carboxylic acids is 1. The molecule has 0 unspecified atom stereocenters. The van der Waals surface area contributed by atoms with Crippen LogP contribution in [0.4, 0.5) is 0 Å². The Morgan fingerprint density at radius 2 is 1.93 bits per heavy atom. The standard InChI is InChI=1S/C10H8ClNO3/c11-7-4-2-1-3-6(7)9(13)5-8(12)10(14)15/h1-5H,12H2,(H,14,15). The highest BCUT2D eigenvalue weighted by atomic mass is 35.5. The molecule has 0 spiro atoms. The first-order valence-electron chi connectivity index (χ1n) is 4.01. The summed E-state index contributed by atoms with van der Waals surface area (Å²) in [5.41, 5.74) is 4.81. The summed E-state index contributed by atoms with van der Waals surface area (Å²) in [6.45, 7) is 0. The van der Waals surface area contributed by atoms with Gasteiger partial charge in [0, 0.05) is 11.6 Å². The van der Waals surface area contributed by atoms with E-state index < -0.39 is 17.4 Å². The Bertz CT molecular complexity index is 440. The van der Waals surface area contributed by atoms with Gasteiger partial charge in [-0.1, -0.05) is 23.7 Å². The minimum Gasteiger partial charge on any atom is -0.477 e. The number of carbonyl (C=O) groups excluding carboxylic acids is 1. The summed E-state index contributed by atoms with van der Waals surface area (Å²) in [7, 11) is 0. The fourth-order valence-corrected chi connectivity index (χ4v) is 1.17. The topological polar surface area (TPSA) is 80.4 Å². The van der Waals surface area contributed by atoms with Gasteiger partial charge in [0.2, 0.25) is 0 Å². The molecule has 0 radical (unpaired) electrons. The Balaban J connectivity index is 3.02. The Hall–Kier alpha value is -1.81. The second-order valence-corrected chi connectivity index (χ2v) is 3.16. The van der Waals surface area contributed by atoms with E-state index in [0.29, 0.717) is 0 Å². The van der Waals surface area contributed by atoms with Crippen LogP contribution in [0.25, 0.3) is 0 Å². The molecule has 0 heterocycles. The maximum atomic E-state index is 11.5. The van der Waals surface area contributed by atoms with Crippen molar-refractivity contribution in [2.75, 3.05) is 0 Å². The molecule has 15 heavy (non-hydrogen) atoms. The molecule has 78 valence electrons.